The molecule has 3 nitrogen and oxygen atoms in total. The summed E-state index contributed by atoms with van der Waals surface area (Å²) in [7, 11) is 0. The Bertz CT molecular complexity index is 624. The van der Waals surface area contributed by atoms with E-state index >= 15 is 0 Å². The van der Waals surface area contributed by atoms with Crippen molar-refractivity contribution in [3.05, 3.63) is 70.9 Å². The van der Waals surface area contributed by atoms with Crippen LogP contribution in [0.5, 0.6) is 0 Å². The number of hydrogen-bond acceptors (Lipinski definition) is 1. The molecule has 2 aromatic rings. The average molecular weight is 287 g/mol. The Morgan fingerprint density at radius 1 is 1.15 bits per heavy atom. The van der Waals surface area contributed by atoms with E-state index in [1.807, 2.05) is 43.3 Å². The molecule has 0 heterocycles. The van der Waals surface area contributed by atoms with Crippen molar-refractivity contribution >= 4 is 29.4 Å². The fourth-order valence-electron chi connectivity index (χ4n) is 1.70. The number of rotatable bonds is 3. The predicted octanol–water partition coefficient (Wildman–Crippen LogP) is 4.44. The van der Waals surface area contributed by atoms with Gasteiger partial charge >= 0.3 is 6.03 Å². The van der Waals surface area contributed by atoms with Gasteiger partial charge in [0.05, 0.1) is 0 Å². The number of carbonyl (C=O) groups excluding carboxylic acids is 1. The molecule has 102 valence electrons. The van der Waals surface area contributed by atoms with Crippen LogP contribution in [-0.4, -0.2) is 6.03 Å². The van der Waals surface area contributed by atoms with Crippen molar-refractivity contribution in [2.45, 2.75) is 6.92 Å². The lowest BCUT2D eigenvalue weighted by atomic mass is 10.2. The maximum atomic E-state index is 11.7. The number of amides is 2. The first-order chi connectivity index (χ1) is 9.65. The molecule has 0 unspecified atom stereocenters. The van der Waals surface area contributed by atoms with Crippen LogP contribution in [0.1, 0.15) is 11.1 Å². The van der Waals surface area contributed by atoms with Crippen molar-refractivity contribution in [1.82, 2.24) is 5.32 Å². The molecule has 0 saturated heterocycles. The van der Waals surface area contributed by atoms with Crippen LogP contribution in [0.4, 0.5) is 10.5 Å². The summed E-state index contributed by atoms with van der Waals surface area (Å²) in [4.78, 5) is 11.7. The second kappa shape index (κ2) is 6.78. The first-order valence-electron chi connectivity index (χ1n) is 6.20. The minimum atomic E-state index is -0.289. The molecule has 2 rings (SSSR count). The zero-order valence-corrected chi connectivity index (χ0v) is 11.8. The summed E-state index contributed by atoms with van der Waals surface area (Å²) < 4.78 is 0. The molecule has 2 N–H and O–H groups in total. The molecule has 4 heteroatoms. The molecule has 20 heavy (non-hydrogen) atoms. The molecule has 0 fully saturated rings. The van der Waals surface area contributed by atoms with Crippen molar-refractivity contribution in [2.24, 2.45) is 0 Å². The lowest BCUT2D eigenvalue weighted by molar-refractivity contribution is 0.255. The van der Waals surface area contributed by atoms with Gasteiger partial charge in [-0.2, -0.15) is 0 Å². The van der Waals surface area contributed by atoms with Gasteiger partial charge < -0.3 is 10.6 Å². The van der Waals surface area contributed by atoms with Gasteiger partial charge in [0.15, 0.2) is 0 Å². The van der Waals surface area contributed by atoms with E-state index in [2.05, 4.69) is 10.6 Å². The van der Waals surface area contributed by atoms with Crippen LogP contribution in [0, 0.1) is 6.92 Å². The first-order valence-corrected chi connectivity index (χ1v) is 6.58. The summed E-state index contributed by atoms with van der Waals surface area (Å²) in [5.74, 6) is 0. The molecule has 0 bridgehead atoms. The number of halogens is 1. The molecule has 2 amide bonds. The third-order valence-electron chi connectivity index (χ3n) is 2.73. The predicted molar refractivity (Wildman–Crippen MR) is 83.8 cm³/mol. The Morgan fingerprint density at radius 3 is 2.60 bits per heavy atom. The summed E-state index contributed by atoms with van der Waals surface area (Å²) in [6.07, 6.45) is 3.43. The molecular formula is C16H15ClN2O. The van der Waals surface area contributed by atoms with Gasteiger partial charge in [0.25, 0.3) is 0 Å². The number of urea groups is 1. The number of aryl methyl sites for hydroxylation is 1. The number of hydrogen-bond donors (Lipinski definition) is 2. The van der Waals surface area contributed by atoms with Gasteiger partial charge in [0, 0.05) is 16.9 Å². The highest BCUT2D eigenvalue weighted by atomic mass is 35.5. The van der Waals surface area contributed by atoms with Gasteiger partial charge in [0.2, 0.25) is 0 Å². The Labute approximate surface area is 123 Å². The lowest BCUT2D eigenvalue weighted by Crippen LogP contribution is -2.24. The molecule has 0 aliphatic carbocycles. The summed E-state index contributed by atoms with van der Waals surface area (Å²) in [5, 5.41) is 6.07. The molecule has 2 aromatic carbocycles. The molecule has 0 aromatic heterocycles. The van der Waals surface area contributed by atoms with Crippen LogP contribution in [-0.2, 0) is 0 Å². The normalized spacial score (nSPS) is 10.5. The van der Waals surface area contributed by atoms with Crippen molar-refractivity contribution in [3.8, 4) is 0 Å². The van der Waals surface area contributed by atoms with Gasteiger partial charge in [-0.05, 0) is 42.3 Å². The number of nitrogens with one attached hydrogen (secondary N) is 2. The van der Waals surface area contributed by atoms with Crippen molar-refractivity contribution < 1.29 is 4.79 Å². The highest BCUT2D eigenvalue weighted by molar-refractivity contribution is 6.30. The van der Waals surface area contributed by atoms with Crippen molar-refractivity contribution in [3.63, 3.8) is 0 Å². The second-order valence-corrected chi connectivity index (χ2v) is 4.74. The second-order valence-electron chi connectivity index (χ2n) is 4.30. The van der Waals surface area contributed by atoms with E-state index in [0.29, 0.717) is 5.02 Å². The summed E-state index contributed by atoms with van der Waals surface area (Å²) in [6, 6.07) is 14.8. The molecular weight excluding hydrogens is 272 g/mol. The Morgan fingerprint density at radius 2 is 1.90 bits per heavy atom. The summed E-state index contributed by atoms with van der Waals surface area (Å²) >= 11 is 5.87. The van der Waals surface area contributed by atoms with Gasteiger partial charge in [0.1, 0.15) is 0 Å². The van der Waals surface area contributed by atoms with E-state index in [1.54, 1.807) is 24.4 Å². The fraction of sp³-hybridized carbons (Fsp3) is 0.0625. The van der Waals surface area contributed by atoms with Gasteiger partial charge in [-0.25, -0.2) is 4.79 Å². The zero-order chi connectivity index (χ0) is 14.4. The highest BCUT2D eigenvalue weighted by Gasteiger charge is 2.02. The van der Waals surface area contributed by atoms with Crippen LogP contribution in [0.3, 0.4) is 0 Å². The minimum Gasteiger partial charge on any atom is -0.314 e. The molecule has 0 spiro atoms. The molecule has 0 atom stereocenters. The Kier molecular flexibility index (Phi) is 4.80. The molecule has 0 radical (unpaired) electrons. The maximum absolute atomic E-state index is 11.7. The largest absolute Gasteiger partial charge is 0.323 e. The van der Waals surface area contributed by atoms with E-state index in [0.717, 1.165) is 16.8 Å². The molecule has 0 aliphatic rings. The average Bonchev–Trinajstić information content (AvgIpc) is 2.43. The topological polar surface area (TPSA) is 41.1 Å². The Hall–Kier alpha value is -2.26. The van der Waals surface area contributed by atoms with Crippen LogP contribution in [0.25, 0.3) is 6.08 Å². The van der Waals surface area contributed by atoms with Crippen LogP contribution < -0.4 is 10.6 Å². The quantitative estimate of drug-likeness (QED) is 0.860. The number of benzene rings is 2. The summed E-state index contributed by atoms with van der Waals surface area (Å²) in [6.45, 7) is 1.89. The van der Waals surface area contributed by atoms with Crippen molar-refractivity contribution in [2.75, 3.05) is 5.32 Å². The molecule has 0 aliphatic heterocycles. The fourth-order valence-corrected chi connectivity index (χ4v) is 1.93. The SMILES string of the molecule is Cc1cc(Cl)ccc1NC(=O)N/C=C/c1ccccc1. The maximum Gasteiger partial charge on any atom is 0.323 e. The highest BCUT2D eigenvalue weighted by Crippen LogP contribution is 2.19. The first kappa shape index (κ1) is 14.2. The smallest absolute Gasteiger partial charge is 0.314 e. The van der Waals surface area contributed by atoms with Gasteiger partial charge in [-0.3, -0.25) is 0 Å². The number of anilines is 1. The van der Waals surface area contributed by atoms with Crippen LogP contribution in [0.15, 0.2) is 54.7 Å². The van der Waals surface area contributed by atoms with E-state index in [1.165, 1.54) is 0 Å². The number of carbonyl (C=O) groups is 1. The van der Waals surface area contributed by atoms with Crippen molar-refractivity contribution in [1.29, 1.82) is 0 Å². The molecule has 0 saturated carbocycles. The van der Waals surface area contributed by atoms with E-state index < -0.39 is 0 Å². The van der Waals surface area contributed by atoms with E-state index in [-0.39, 0.29) is 6.03 Å². The minimum absolute atomic E-state index is 0.289. The monoisotopic (exact) mass is 286 g/mol. The van der Waals surface area contributed by atoms with Crippen LogP contribution >= 0.6 is 11.6 Å². The Balaban J connectivity index is 1.91. The standard InChI is InChI=1S/C16H15ClN2O/c1-12-11-14(17)7-8-15(12)19-16(20)18-10-9-13-5-3-2-4-6-13/h2-11H,1H3,(H2,18,19,20)/b10-9+. The third kappa shape index (κ3) is 4.14. The van der Waals surface area contributed by atoms with E-state index in [4.69, 9.17) is 11.6 Å². The van der Waals surface area contributed by atoms with Crippen LogP contribution in [0.2, 0.25) is 5.02 Å². The lowest BCUT2D eigenvalue weighted by Gasteiger charge is -2.08. The van der Waals surface area contributed by atoms with E-state index in [9.17, 15) is 4.79 Å². The third-order valence-corrected chi connectivity index (χ3v) is 2.96. The zero-order valence-electron chi connectivity index (χ0n) is 11.1. The van der Waals surface area contributed by atoms with Gasteiger partial charge in [-0.1, -0.05) is 41.9 Å². The summed E-state index contributed by atoms with van der Waals surface area (Å²) in [5.41, 5.74) is 2.68. The van der Waals surface area contributed by atoms with Gasteiger partial charge in [-0.15, -0.1) is 0 Å².